The van der Waals surface area contributed by atoms with E-state index in [1.54, 1.807) is 0 Å². The second kappa shape index (κ2) is 3.99. The summed E-state index contributed by atoms with van der Waals surface area (Å²) in [5.74, 6) is 0.0595. The average Bonchev–Trinajstić information content (AvgIpc) is 2.79. The Balaban J connectivity index is 2.43. The van der Waals surface area contributed by atoms with E-state index < -0.39 is 0 Å². The van der Waals surface area contributed by atoms with Crippen molar-refractivity contribution in [3.63, 3.8) is 0 Å². The van der Waals surface area contributed by atoms with Gasteiger partial charge in [-0.05, 0) is 29.5 Å². The molecule has 0 amide bonds. The van der Waals surface area contributed by atoms with Crippen LogP contribution in [0.1, 0.15) is 5.56 Å². The minimum atomic E-state index is -0.253. The Morgan fingerprint density at radius 2 is 2.00 bits per heavy atom. The molecule has 3 nitrogen and oxygen atoms in total. The highest BCUT2D eigenvalue weighted by molar-refractivity contribution is 7.16. The number of aromatic hydroxyl groups is 1. The fraction of sp³-hybridized carbons (Fsp3) is 0.0714. The molecule has 90 valence electrons. The van der Waals surface area contributed by atoms with Crippen LogP contribution >= 0.6 is 11.3 Å². The number of aromatic nitrogens is 1. The van der Waals surface area contributed by atoms with Gasteiger partial charge in [-0.25, -0.2) is 0 Å². The van der Waals surface area contributed by atoms with Crippen molar-refractivity contribution in [2.75, 3.05) is 0 Å². The molecule has 0 bridgehead atoms. The number of nitrogens with one attached hydrogen (secondary N) is 1. The highest BCUT2D eigenvalue weighted by Crippen LogP contribution is 2.35. The van der Waals surface area contributed by atoms with E-state index in [9.17, 15) is 9.90 Å². The van der Waals surface area contributed by atoms with Crippen LogP contribution in [0.25, 0.3) is 21.3 Å². The summed E-state index contributed by atoms with van der Waals surface area (Å²) in [5, 5.41) is 12.8. The van der Waals surface area contributed by atoms with Crippen molar-refractivity contribution >= 4 is 21.6 Å². The molecule has 1 aromatic carbocycles. The number of thiophene rings is 1. The van der Waals surface area contributed by atoms with Crippen molar-refractivity contribution in [1.82, 2.24) is 4.98 Å². The van der Waals surface area contributed by atoms with Crippen molar-refractivity contribution < 1.29 is 5.11 Å². The van der Waals surface area contributed by atoms with E-state index in [0.29, 0.717) is 15.8 Å². The molecule has 0 fully saturated rings. The maximum Gasteiger partial charge on any atom is 0.260 e. The zero-order valence-electron chi connectivity index (χ0n) is 9.73. The summed E-state index contributed by atoms with van der Waals surface area (Å²) in [4.78, 5) is 15.6. The van der Waals surface area contributed by atoms with Gasteiger partial charge in [-0.2, -0.15) is 0 Å². The van der Waals surface area contributed by atoms with Crippen molar-refractivity contribution in [3.05, 3.63) is 51.6 Å². The van der Waals surface area contributed by atoms with Gasteiger partial charge in [0.15, 0.2) is 0 Å². The first-order valence-electron chi connectivity index (χ1n) is 5.57. The number of H-pyrrole nitrogens is 1. The number of aryl methyl sites for hydroxylation is 1. The van der Waals surface area contributed by atoms with Crippen LogP contribution in [0, 0.1) is 6.92 Å². The van der Waals surface area contributed by atoms with E-state index >= 15 is 0 Å². The fourth-order valence-electron chi connectivity index (χ4n) is 2.10. The minimum absolute atomic E-state index is 0.0595. The van der Waals surface area contributed by atoms with Crippen molar-refractivity contribution in [2.45, 2.75) is 6.92 Å². The molecular formula is C14H11NO2S. The maximum absolute atomic E-state index is 12.1. The van der Waals surface area contributed by atoms with E-state index in [0.717, 1.165) is 11.1 Å². The second-order valence-corrected chi connectivity index (χ2v) is 5.07. The van der Waals surface area contributed by atoms with E-state index in [-0.39, 0.29) is 11.3 Å². The number of hydrogen-bond acceptors (Lipinski definition) is 3. The minimum Gasteiger partial charge on any atom is -0.506 e. The van der Waals surface area contributed by atoms with Gasteiger partial charge >= 0.3 is 0 Å². The topological polar surface area (TPSA) is 53.1 Å². The predicted octanol–water partition coefficient (Wildman–Crippen LogP) is 3.27. The Labute approximate surface area is 107 Å². The van der Waals surface area contributed by atoms with Gasteiger partial charge in [0, 0.05) is 0 Å². The Morgan fingerprint density at radius 3 is 2.78 bits per heavy atom. The number of fused-ring (bicyclic) bond motifs is 1. The molecule has 2 N–H and O–H groups in total. The molecule has 0 spiro atoms. The zero-order chi connectivity index (χ0) is 12.7. The lowest BCUT2D eigenvalue weighted by Gasteiger charge is -2.07. The third-order valence-electron chi connectivity index (χ3n) is 3.03. The summed E-state index contributed by atoms with van der Waals surface area (Å²) in [6.07, 6.45) is 0. The molecule has 0 unspecified atom stereocenters. The Kier molecular flexibility index (Phi) is 2.45. The highest BCUT2D eigenvalue weighted by atomic mass is 32.1. The summed E-state index contributed by atoms with van der Waals surface area (Å²) in [6.45, 7) is 1.92. The van der Waals surface area contributed by atoms with Gasteiger partial charge < -0.3 is 10.1 Å². The predicted molar refractivity (Wildman–Crippen MR) is 74.3 cm³/mol. The highest BCUT2D eigenvalue weighted by Gasteiger charge is 2.15. The van der Waals surface area contributed by atoms with Crippen LogP contribution in [-0.2, 0) is 0 Å². The lowest BCUT2D eigenvalue weighted by Crippen LogP contribution is -2.09. The van der Waals surface area contributed by atoms with E-state index in [4.69, 9.17) is 0 Å². The second-order valence-electron chi connectivity index (χ2n) is 4.16. The monoisotopic (exact) mass is 257 g/mol. The Morgan fingerprint density at radius 1 is 1.22 bits per heavy atom. The van der Waals surface area contributed by atoms with Crippen LogP contribution < -0.4 is 5.56 Å². The van der Waals surface area contributed by atoms with Crippen LogP contribution in [0.4, 0.5) is 0 Å². The number of aromatic amines is 1. The molecule has 0 aliphatic rings. The molecule has 0 saturated heterocycles. The third kappa shape index (κ3) is 1.54. The van der Waals surface area contributed by atoms with Gasteiger partial charge in [-0.15, -0.1) is 11.3 Å². The molecular weight excluding hydrogens is 246 g/mol. The Hall–Kier alpha value is -2.07. The molecule has 0 saturated carbocycles. The molecule has 2 heterocycles. The van der Waals surface area contributed by atoms with Crippen molar-refractivity contribution in [2.24, 2.45) is 0 Å². The number of benzene rings is 1. The normalized spacial score (nSPS) is 10.9. The summed E-state index contributed by atoms with van der Waals surface area (Å²) in [7, 11) is 0. The largest absolute Gasteiger partial charge is 0.506 e. The van der Waals surface area contributed by atoms with Crippen LogP contribution in [0.3, 0.4) is 0 Å². The first-order chi connectivity index (χ1) is 8.68. The van der Waals surface area contributed by atoms with Gasteiger partial charge in [0.25, 0.3) is 5.56 Å². The first-order valence-corrected chi connectivity index (χ1v) is 6.45. The quantitative estimate of drug-likeness (QED) is 0.703. The summed E-state index contributed by atoms with van der Waals surface area (Å²) < 4.78 is 0. The van der Waals surface area contributed by atoms with Gasteiger partial charge in [-0.1, -0.05) is 24.3 Å². The first kappa shape index (κ1) is 11.0. The summed E-state index contributed by atoms with van der Waals surface area (Å²) in [5.41, 5.74) is 1.83. The number of rotatable bonds is 1. The van der Waals surface area contributed by atoms with Gasteiger partial charge in [-0.3, -0.25) is 4.79 Å². The van der Waals surface area contributed by atoms with E-state index in [1.165, 1.54) is 11.3 Å². The molecule has 3 aromatic rings. The van der Waals surface area contributed by atoms with Crippen LogP contribution in [0.15, 0.2) is 40.5 Å². The smallest absolute Gasteiger partial charge is 0.260 e. The lowest BCUT2D eigenvalue weighted by atomic mass is 10.0. The van der Waals surface area contributed by atoms with E-state index in [2.05, 4.69) is 4.98 Å². The number of hydrogen-bond donors (Lipinski definition) is 2. The van der Waals surface area contributed by atoms with Crippen LogP contribution in [-0.4, -0.2) is 10.1 Å². The van der Waals surface area contributed by atoms with E-state index in [1.807, 2.05) is 42.6 Å². The molecule has 3 rings (SSSR count). The standard InChI is InChI=1S/C14H11NO2S/c1-8-4-2-3-5-9(8)11-12(16)10-6-7-18-14(10)15-13(11)17/h2-7H,1H3,(H2,15,16,17). The molecule has 0 atom stereocenters. The molecule has 0 radical (unpaired) electrons. The number of pyridine rings is 1. The van der Waals surface area contributed by atoms with Crippen molar-refractivity contribution in [1.29, 1.82) is 0 Å². The summed E-state index contributed by atoms with van der Waals surface area (Å²) in [6, 6.07) is 9.35. The SMILES string of the molecule is Cc1ccccc1-c1c(O)c2ccsc2[nH]c1=O. The van der Waals surface area contributed by atoms with Gasteiger partial charge in [0.2, 0.25) is 0 Å². The Bertz CT molecular complexity index is 786. The maximum atomic E-state index is 12.1. The van der Waals surface area contributed by atoms with Crippen LogP contribution in [0.2, 0.25) is 0 Å². The zero-order valence-corrected chi connectivity index (χ0v) is 10.5. The van der Waals surface area contributed by atoms with Gasteiger partial charge in [0.1, 0.15) is 10.6 Å². The molecule has 0 aliphatic carbocycles. The fourth-order valence-corrected chi connectivity index (χ4v) is 2.89. The van der Waals surface area contributed by atoms with Crippen molar-refractivity contribution in [3.8, 4) is 16.9 Å². The summed E-state index contributed by atoms with van der Waals surface area (Å²) >= 11 is 1.41. The van der Waals surface area contributed by atoms with Gasteiger partial charge in [0.05, 0.1) is 10.9 Å². The van der Waals surface area contributed by atoms with Crippen LogP contribution in [0.5, 0.6) is 5.75 Å². The molecule has 2 aromatic heterocycles. The average molecular weight is 257 g/mol. The molecule has 18 heavy (non-hydrogen) atoms. The third-order valence-corrected chi connectivity index (χ3v) is 3.86. The lowest BCUT2D eigenvalue weighted by molar-refractivity contribution is 0.482. The molecule has 4 heteroatoms. The molecule has 0 aliphatic heterocycles.